The lowest BCUT2D eigenvalue weighted by Crippen LogP contribution is -2.59. The van der Waals surface area contributed by atoms with E-state index in [1.807, 2.05) is 0 Å². The minimum Gasteiger partial charge on any atom is -0.394 e. The molecule has 8 unspecified atom stereocenters. The number of carbonyl (C=O) groups excluding carboxylic acids is 1. The Labute approximate surface area is 163 Å². The summed E-state index contributed by atoms with van der Waals surface area (Å²) in [5, 5.41) is 60.2. The number of carbonyl (C=O) groups is 1. The van der Waals surface area contributed by atoms with E-state index in [1.165, 1.54) is 18.2 Å². The Hall–Kier alpha value is -1.17. The van der Waals surface area contributed by atoms with Crippen LogP contribution in [0.2, 0.25) is 0 Å². The van der Waals surface area contributed by atoms with Crippen LogP contribution in [0.25, 0.3) is 0 Å². The molecule has 0 aromatic carbocycles. The molecular weight excluding hydrogens is 372 g/mol. The largest absolute Gasteiger partial charge is 0.394 e. The molecule has 0 saturated carbocycles. The zero-order chi connectivity index (χ0) is 21.4. The molecule has 9 nitrogen and oxygen atoms in total. The number of hydrogen-bond acceptors (Lipinski definition) is 9. The first-order chi connectivity index (χ1) is 12.9. The summed E-state index contributed by atoms with van der Waals surface area (Å²) in [7, 11) is 0. The van der Waals surface area contributed by atoms with Gasteiger partial charge in [0.25, 0.3) is 0 Å². The number of ether oxygens (including phenoxy) is 2. The van der Waals surface area contributed by atoms with Crippen molar-refractivity contribution in [2.75, 3.05) is 6.61 Å². The molecule has 160 valence electrons. The van der Waals surface area contributed by atoms with Crippen LogP contribution in [0.15, 0.2) is 23.8 Å². The fraction of sp³-hybridized carbons (Fsp3) is 0.737. The summed E-state index contributed by atoms with van der Waals surface area (Å²) in [6, 6.07) is 0. The molecule has 0 radical (unpaired) electrons. The highest BCUT2D eigenvalue weighted by Gasteiger charge is 2.53. The van der Waals surface area contributed by atoms with E-state index in [0.29, 0.717) is 5.57 Å². The van der Waals surface area contributed by atoms with Gasteiger partial charge in [-0.15, -0.1) is 0 Å². The molecule has 2 rings (SSSR count). The van der Waals surface area contributed by atoms with Crippen molar-refractivity contribution in [1.29, 1.82) is 0 Å². The first kappa shape index (κ1) is 23.1. The maximum atomic E-state index is 11.9. The van der Waals surface area contributed by atoms with Gasteiger partial charge in [0.15, 0.2) is 12.1 Å². The molecule has 0 spiro atoms. The van der Waals surface area contributed by atoms with Crippen molar-refractivity contribution >= 4 is 5.78 Å². The van der Waals surface area contributed by atoms with Gasteiger partial charge in [0.05, 0.1) is 12.7 Å². The van der Waals surface area contributed by atoms with Gasteiger partial charge in [-0.25, -0.2) is 0 Å². The van der Waals surface area contributed by atoms with E-state index < -0.39 is 66.3 Å². The number of rotatable bonds is 5. The van der Waals surface area contributed by atoms with Crippen molar-refractivity contribution < 1.29 is 44.9 Å². The molecule has 0 aromatic heterocycles. The lowest BCUT2D eigenvalue weighted by atomic mass is 9.63. The van der Waals surface area contributed by atoms with Crippen molar-refractivity contribution in [2.24, 2.45) is 5.41 Å². The van der Waals surface area contributed by atoms with Crippen LogP contribution in [0.5, 0.6) is 0 Å². The highest BCUT2D eigenvalue weighted by molar-refractivity contribution is 5.96. The molecule has 1 aliphatic heterocycles. The standard InChI is InChI=1S/C19H30O9/c1-9-7-11(21)16(25)18(3,4)19(9,26)6-5-10(2)27-17-15(24)14(23)13(22)12(8-20)28-17/h5-7,10,12-17,20,22-26H,8H2,1-4H3. The Kier molecular flexibility index (Phi) is 6.84. The molecule has 1 heterocycles. The Balaban J connectivity index is 2.15. The Morgan fingerprint density at radius 1 is 1.21 bits per heavy atom. The Morgan fingerprint density at radius 3 is 2.39 bits per heavy atom. The van der Waals surface area contributed by atoms with Crippen molar-refractivity contribution in [3.05, 3.63) is 23.8 Å². The molecule has 6 N–H and O–H groups in total. The molecule has 1 saturated heterocycles. The zero-order valence-corrected chi connectivity index (χ0v) is 16.4. The van der Waals surface area contributed by atoms with E-state index in [0.717, 1.165) is 0 Å². The van der Waals surface area contributed by atoms with Crippen LogP contribution >= 0.6 is 0 Å². The number of ketones is 1. The number of aliphatic hydroxyl groups excluding tert-OH is 5. The maximum absolute atomic E-state index is 11.9. The van der Waals surface area contributed by atoms with Crippen LogP contribution in [-0.2, 0) is 14.3 Å². The van der Waals surface area contributed by atoms with Crippen LogP contribution in [0, 0.1) is 5.41 Å². The van der Waals surface area contributed by atoms with Gasteiger partial charge in [-0.05, 0) is 31.6 Å². The van der Waals surface area contributed by atoms with Crippen molar-refractivity contribution in [3.8, 4) is 0 Å². The average molecular weight is 402 g/mol. The second-order valence-electron chi connectivity index (χ2n) is 8.02. The molecular formula is C19H30O9. The van der Waals surface area contributed by atoms with E-state index >= 15 is 0 Å². The molecule has 28 heavy (non-hydrogen) atoms. The van der Waals surface area contributed by atoms with Crippen molar-refractivity contribution in [3.63, 3.8) is 0 Å². The van der Waals surface area contributed by atoms with Crippen LogP contribution in [-0.4, -0.2) is 91.5 Å². The molecule has 0 amide bonds. The second kappa shape index (κ2) is 8.29. The molecule has 9 heteroatoms. The summed E-state index contributed by atoms with van der Waals surface area (Å²) in [4.78, 5) is 11.9. The van der Waals surface area contributed by atoms with Gasteiger partial charge in [-0.1, -0.05) is 19.9 Å². The van der Waals surface area contributed by atoms with Gasteiger partial charge >= 0.3 is 0 Å². The van der Waals surface area contributed by atoms with Crippen LogP contribution in [0.4, 0.5) is 0 Å². The van der Waals surface area contributed by atoms with Crippen molar-refractivity contribution in [1.82, 2.24) is 0 Å². The second-order valence-corrected chi connectivity index (χ2v) is 8.02. The highest BCUT2D eigenvalue weighted by Crippen LogP contribution is 2.44. The van der Waals surface area contributed by atoms with E-state index in [9.17, 15) is 35.4 Å². The van der Waals surface area contributed by atoms with E-state index in [1.54, 1.807) is 27.7 Å². The summed E-state index contributed by atoms with van der Waals surface area (Å²) >= 11 is 0. The van der Waals surface area contributed by atoms with E-state index in [2.05, 4.69) is 0 Å². The van der Waals surface area contributed by atoms with Crippen LogP contribution < -0.4 is 0 Å². The summed E-state index contributed by atoms with van der Waals surface area (Å²) in [5.74, 6) is -0.480. The van der Waals surface area contributed by atoms with Gasteiger partial charge < -0.3 is 40.1 Å². The molecule has 2 aliphatic rings. The van der Waals surface area contributed by atoms with Gasteiger partial charge in [0, 0.05) is 5.41 Å². The summed E-state index contributed by atoms with van der Waals surface area (Å²) in [6.45, 7) is 5.74. The van der Waals surface area contributed by atoms with Gasteiger partial charge in [0.2, 0.25) is 0 Å². The fourth-order valence-electron chi connectivity index (χ4n) is 3.53. The number of aliphatic hydroxyl groups is 6. The third-order valence-corrected chi connectivity index (χ3v) is 5.70. The van der Waals surface area contributed by atoms with E-state index in [-0.39, 0.29) is 0 Å². The van der Waals surface area contributed by atoms with Gasteiger partial charge in [-0.2, -0.15) is 0 Å². The predicted octanol–water partition coefficient (Wildman–Crippen LogP) is -1.61. The lowest BCUT2D eigenvalue weighted by Gasteiger charge is -2.46. The first-order valence-electron chi connectivity index (χ1n) is 9.15. The average Bonchev–Trinajstić information content (AvgIpc) is 2.64. The Morgan fingerprint density at radius 2 is 1.82 bits per heavy atom. The molecule has 0 bridgehead atoms. The zero-order valence-electron chi connectivity index (χ0n) is 16.4. The third kappa shape index (κ3) is 3.94. The van der Waals surface area contributed by atoms with Crippen LogP contribution in [0.1, 0.15) is 27.7 Å². The molecule has 1 fully saturated rings. The van der Waals surface area contributed by atoms with E-state index in [4.69, 9.17) is 9.47 Å². The minimum atomic E-state index is -1.62. The molecule has 8 atom stereocenters. The quantitative estimate of drug-likeness (QED) is 0.298. The number of hydrogen-bond donors (Lipinski definition) is 6. The predicted molar refractivity (Wildman–Crippen MR) is 97.0 cm³/mol. The fourth-order valence-corrected chi connectivity index (χ4v) is 3.53. The van der Waals surface area contributed by atoms with Crippen molar-refractivity contribution in [2.45, 2.75) is 76.2 Å². The SMILES string of the molecule is CC1=CC(=O)C(O)C(C)(C)C1(O)C=CC(C)OC1OC(CO)C(O)C(O)C1O. The topological polar surface area (TPSA) is 157 Å². The smallest absolute Gasteiger partial charge is 0.187 e. The van der Waals surface area contributed by atoms with Crippen LogP contribution in [0.3, 0.4) is 0 Å². The Bertz CT molecular complexity index is 641. The highest BCUT2D eigenvalue weighted by atomic mass is 16.7. The van der Waals surface area contributed by atoms with Gasteiger partial charge in [0.1, 0.15) is 36.1 Å². The monoisotopic (exact) mass is 402 g/mol. The van der Waals surface area contributed by atoms with Gasteiger partial charge in [-0.3, -0.25) is 4.79 Å². The third-order valence-electron chi connectivity index (χ3n) is 5.70. The molecule has 0 aromatic rings. The minimum absolute atomic E-state index is 0.365. The first-order valence-corrected chi connectivity index (χ1v) is 9.15. The maximum Gasteiger partial charge on any atom is 0.187 e. The lowest BCUT2D eigenvalue weighted by molar-refractivity contribution is -0.306. The summed E-state index contributed by atoms with van der Waals surface area (Å²) in [5.41, 5.74) is -2.45. The summed E-state index contributed by atoms with van der Waals surface area (Å²) < 4.78 is 10.8. The summed E-state index contributed by atoms with van der Waals surface area (Å²) in [6.07, 6.45) is -5.00. The normalized spacial score (nSPS) is 42.5. The molecule has 1 aliphatic carbocycles.